The van der Waals surface area contributed by atoms with Crippen molar-refractivity contribution in [1.29, 1.82) is 0 Å². The maximum Gasteiger partial charge on any atom is 0.101 e. The molecule has 3 rings (SSSR count). The Hall–Kier alpha value is -1.80. The van der Waals surface area contributed by atoms with Crippen LogP contribution in [0.15, 0.2) is 65.9 Å². The largest absolute Gasteiger partial charge is 0.325 e. The molecule has 0 fully saturated rings. The smallest absolute Gasteiger partial charge is 0.101 e. The summed E-state index contributed by atoms with van der Waals surface area (Å²) >= 11 is 0. The molecular formula is C15H16N2. The molecule has 1 heterocycles. The van der Waals surface area contributed by atoms with Crippen molar-refractivity contribution >= 4 is 5.69 Å². The van der Waals surface area contributed by atoms with Gasteiger partial charge in [0.05, 0.1) is 0 Å². The van der Waals surface area contributed by atoms with Gasteiger partial charge in [0, 0.05) is 11.4 Å². The van der Waals surface area contributed by atoms with Gasteiger partial charge in [-0.3, -0.25) is 0 Å². The van der Waals surface area contributed by atoms with Gasteiger partial charge in [0.1, 0.15) is 6.17 Å². The number of nitrogens with two attached hydrogens (primary N) is 1. The van der Waals surface area contributed by atoms with Crippen LogP contribution in [0.3, 0.4) is 0 Å². The third-order valence-corrected chi connectivity index (χ3v) is 3.27. The molecule has 2 heteroatoms. The van der Waals surface area contributed by atoms with Crippen LogP contribution in [0.25, 0.3) is 0 Å². The Bertz CT molecular complexity index is 497. The van der Waals surface area contributed by atoms with E-state index in [1.165, 1.54) is 17.0 Å². The Kier molecular flexibility index (Phi) is 2.57. The second kappa shape index (κ2) is 4.22. The van der Waals surface area contributed by atoms with Crippen molar-refractivity contribution in [1.82, 2.24) is 0 Å². The topological polar surface area (TPSA) is 29.3 Å². The molecule has 0 spiro atoms. The summed E-state index contributed by atoms with van der Waals surface area (Å²) in [7, 11) is 0. The lowest BCUT2D eigenvalue weighted by molar-refractivity contribution is 0.727. The molecule has 17 heavy (non-hydrogen) atoms. The fraction of sp³-hybridized carbons (Fsp3) is 0.200. The van der Waals surface area contributed by atoms with Gasteiger partial charge >= 0.3 is 0 Å². The van der Waals surface area contributed by atoms with Crippen molar-refractivity contribution in [3.05, 3.63) is 65.9 Å². The Morgan fingerprint density at radius 2 is 1.94 bits per heavy atom. The molecule has 1 aliphatic heterocycles. The van der Waals surface area contributed by atoms with E-state index in [0.29, 0.717) is 0 Å². The lowest BCUT2D eigenvalue weighted by Gasteiger charge is -2.36. The minimum Gasteiger partial charge on any atom is -0.325 e. The average Bonchev–Trinajstić information content (AvgIpc) is 2.39. The summed E-state index contributed by atoms with van der Waals surface area (Å²) in [5.74, 6) is 0. The molecule has 1 aliphatic carbocycles. The average molecular weight is 224 g/mol. The van der Waals surface area contributed by atoms with Gasteiger partial charge in [0.2, 0.25) is 0 Å². The molecule has 0 bridgehead atoms. The third-order valence-electron chi connectivity index (χ3n) is 3.27. The highest BCUT2D eigenvalue weighted by Gasteiger charge is 2.23. The fourth-order valence-electron chi connectivity index (χ4n) is 2.47. The van der Waals surface area contributed by atoms with Crippen LogP contribution < -0.4 is 10.6 Å². The summed E-state index contributed by atoms with van der Waals surface area (Å²) in [4.78, 5) is 2.23. The van der Waals surface area contributed by atoms with E-state index in [0.717, 1.165) is 12.8 Å². The van der Waals surface area contributed by atoms with E-state index in [4.69, 9.17) is 5.73 Å². The summed E-state index contributed by atoms with van der Waals surface area (Å²) in [6, 6.07) is 10.4. The van der Waals surface area contributed by atoms with Gasteiger partial charge in [-0.05, 0) is 36.6 Å². The third kappa shape index (κ3) is 1.81. The van der Waals surface area contributed by atoms with Crippen molar-refractivity contribution < 1.29 is 0 Å². The molecule has 1 unspecified atom stereocenters. The van der Waals surface area contributed by atoms with E-state index >= 15 is 0 Å². The molecule has 0 radical (unpaired) electrons. The molecular weight excluding hydrogens is 208 g/mol. The van der Waals surface area contributed by atoms with Crippen LogP contribution in [0.5, 0.6) is 0 Å². The molecule has 1 atom stereocenters. The van der Waals surface area contributed by atoms with E-state index in [2.05, 4.69) is 53.5 Å². The predicted molar refractivity (Wildman–Crippen MR) is 71.4 cm³/mol. The molecule has 1 aromatic rings. The van der Waals surface area contributed by atoms with Crippen LogP contribution in [0.4, 0.5) is 5.69 Å². The minimum atomic E-state index is -0.0531. The van der Waals surface area contributed by atoms with Crippen LogP contribution in [-0.4, -0.2) is 6.17 Å². The SMILES string of the molecule is NC1C=CC2=C(CCC=C2)N1c1ccccc1. The van der Waals surface area contributed by atoms with Gasteiger partial charge in [-0.1, -0.05) is 36.4 Å². The molecule has 2 N–H and O–H groups in total. The standard InChI is InChI=1S/C15H16N2/c16-15-11-10-12-6-4-5-9-14(12)17(15)13-7-2-1-3-8-13/h1-4,6-8,10-11,15H,5,9,16H2. The molecule has 0 saturated carbocycles. The first-order valence-corrected chi connectivity index (χ1v) is 6.04. The van der Waals surface area contributed by atoms with Crippen molar-refractivity contribution in [3.63, 3.8) is 0 Å². The molecule has 0 saturated heterocycles. The highest BCUT2D eigenvalue weighted by Crippen LogP contribution is 2.32. The van der Waals surface area contributed by atoms with Gasteiger partial charge in [-0.25, -0.2) is 0 Å². The predicted octanol–water partition coefficient (Wildman–Crippen LogP) is 2.95. The second-order valence-electron chi connectivity index (χ2n) is 4.40. The van der Waals surface area contributed by atoms with Crippen LogP contribution in [-0.2, 0) is 0 Å². The number of para-hydroxylation sites is 1. The normalized spacial score (nSPS) is 22.9. The van der Waals surface area contributed by atoms with Crippen LogP contribution in [0.2, 0.25) is 0 Å². The number of benzene rings is 1. The summed E-state index contributed by atoms with van der Waals surface area (Å²) in [6.45, 7) is 0. The number of anilines is 1. The number of rotatable bonds is 1. The van der Waals surface area contributed by atoms with Crippen molar-refractivity contribution in [3.8, 4) is 0 Å². The van der Waals surface area contributed by atoms with E-state index in [-0.39, 0.29) is 6.17 Å². The highest BCUT2D eigenvalue weighted by atomic mass is 15.2. The number of hydrogen-bond donors (Lipinski definition) is 1. The Labute approximate surface area is 102 Å². The molecule has 2 aliphatic rings. The summed E-state index contributed by atoms with van der Waals surface area (Å²) in [6.07, 6.45) is 10.7. The summed E-state index contributed by atoms with van der Waals surface area (Å²) < 4.78 is 0. The Morgan fingerprint density at radius 3 is 2.76 bits per heavy atom. The first kappa shape index (κ1) is 10.4. The molecule has 2 nitrogen and oxygen atoms in total. The van der Waals surface area contributed by atoms with Gasteiger partial charge < -0.3 is 10.6 Å². The maximum absolute atomic E-state index is 6.20. The van der Waals surface area contributed by atoms with E-state index < -0.39 is 0 Å². The molecule has 86 valence electrons. The van der Waals surface area contributed by atoms with Gasteiger partial charge in [0.25, 0.3) is 0 Å². The fourth-order valence-corrected chi connectivity index (χ4v) is 2.47. The highest BCUT2D eigenvalue weighted by molar-refractivity contribution is 5.60. The van der Waals surface area contributed by atoms with Gasteiger partial charge in [-0.2, -0.15) is 0 Å². The van der Waals surface area contributed by atoms with E-state index in [9.17, 15) is 0 Å². The lowest BCUT2D eigenvalue weighted by atomic mass is 9.97. The first-order chi connectivity index (χ1) is 8.36. The van der Waals surface area contributed by atoms with Gasteiger partial charge in [-0.15, -0.1) is 0 Å². The van der Waals surface area contributed by atoms with Crippen molar-refractivity contribution in [2.24, 2.45) is 5.73 Å². The van der Waals surface area contributed by atoms with Crippen LogP contribution in [0.1, 0.15) is 12.8 Å². The first-order valence-electron chi connectivity index (χ1n) is 6.04. The quantitative estimate of drug-likeness (QED) is 0.794. The Balaban J connectivity index is 2.06. The van der Waals surface area contributed by atoms with Gasteiger partial charge in [0.15, 0.2) is 0 Å². The summed E-state index contributed by atoms with van der Waals surface area (Å²) in [5, 5.41) is 0. The number of nitrogens with zero attached hydrogens (tertiary/aromatic N) is 1. The number of hydrogen-bond acceptors (Lipinski definition) is 2. The monoisotopic (exact) mass is 224 g/mol. The zero-order chi connectivity index (χ0) is 11.7. The van der Waals surface area contributed by atoms with Crippen molar-refractivity contribution in [2.45, 2.75) is 19.0 Å². The zero-order valence-corrected chi connectivity index (χ0v) is 9.71. The molecule has 0 aromatic heterocycles. The molecule has 1 aromatic carbocycles. The summed E-state index contributed by atoms with van der Waals surface area (Å²) in [5.41, 5.74) is 10.0. The lowest BCUT2D eigenvalue weighted by Crippen LogP contribution is -2.42. The van der Waals surface area contributed by atoms with Crippen LogP contribution in [0, 0.1) is 0 Å². The van der Waals surface area contributed by atoms with Crippen LogP contribution >= 0.6 is 0 Å². The minimum absolute atomic E-state index is 0.0531. The Morgan fingerprint density at radius 1 is 1.12 bits per heavy atom. The number of allylic oxidation sites excluding steroid dienone is 5. The zero-order valence-electron chi connectivity index (χ0n) is 9.71. The van der Waals surface area contributed by atoms with Crippen molar-refractivity contribution in [2.75, 3.05) is 4.90 Å². The molecule has 0 amide bonds. The second-order valence-corrected chi connectivity index (χ2v) is 4.40. The van der Waals surface area contributed by atoms with E-state index in [1.807, 2.05) is 6.07 Å². The van der Waals surface area contributed by atoms with E-state index in [1.54, 1.807) is 0 Å². The maximum atomic E-state index is 6.20.